The summed E-state index contributed by atoms with van der Waals surface area (Å²) in [7, 11) is 1.56. The van der Waals surface area contributed by atoms with Crippen molar-refractivity contribution in [3.05, 3.63) is 82.3 Å². The number of aromatic amines is 1. The van der Waals surface area contributed by atoms with Crippen molar-refractivity contribution in [2.24, 2.45) is 0 Å². The molecule has 0 spiro atoms. The largest absolute Gasteiger partial charge is 0.497 e. The third-order valence-electron chi connectivity index (χ3n) is 4.54. The number of H-pyrrole nitrogens is 1. The molecule has 1 aromatic heterocycles. The molecule has 8 heteroatoms. The second kappa shape index (κ2) is 9.49. The molecule has 1 aliphatic heterocycles. The summed E-state index contributed by atoms with van der Waals surface area (Å²) in [6.45, 7) is 9.10. The molecule has 2 N–H and O–H groups in total. The minimum Gasteiger partial charge on any atom is -0.497 e. The summed E-state index contributed by atoms with van der Waals surface area (Å²) in [5.41, 5.74) is 1.66. The van der Waals surface area contributed by atoms with Crippen LogP contribution in [0.5, 0.6) is 5.75 Å². The Labute approximate surface area is 178 Å². The molecule has 0 fully saturated rings. The summed E-state index contributed by atoms with van der Waals surface area (Å²) in [6.07, 6.45) is 3.23. The van der Waals surface area contributed by atoms with Gasteiger partial charge in [-0.1, -0.05) is 42.6 Å². The second-order valence-electron chi connectivity index (χ2n) is 6.49. The van der Waals surface area contributed by atoms with E-state index in [4.69, 9.17) is 9.47 Å². The predicted octanol–water partition coefficient (Wildman–Crippen LogP) is 3.62. The Morgan fingerprint density at radius 2 is 2.13 bits per heavy atom. The number of thioether (sulfide) groups is 1. The van der Waals surface area contributed by atoms with Gasteiger partial charge in [0.25, 0.3) is 5.56 Å². The molecule has 7 nitrogen and oxygen atoms in total. The van der Waals surface area contributed by atoms with Gasteiger partial charge >= 0.3 is 5.97 Å². The topological polar surface area (TPSA) is 93.3 Å². The molecule has 1 aromatic carbocycles. The number of nitrogens with one attached hydrogen (secondary N) is 2. The number of fused-ring (bicyclic) bond motifs is 1. The number of benzene rings is 1. The van der Waals surface area contributed by atoms with Crippen LogP contribution in [-0.2, 0) is 9.53 Å². The van der Waals surface area contributed by atoms with Crippen molar-refractivity contribution >= 4 is 23.5 Å². The van der Waals surface area contributed by atoms with Gasteiger partial charge in [0.15, 0.2) is 5.16 Å². The minimum atomic E-state index is -0.664. The number of methoxy groups -OCH3 is 1. The molecule has 2 heterocycles. The van der Waals surface area contributed by atoms with E-state index in [0.717, 1.165) is 5.56 Å². The summed E-state index contributed by atoms with van der Waals surface area (Å²) in [6, 6.07) is 7.26. The van der Waals surface area contributed by atoms with Crippen LogP contribution in [0.1, 0.15) is 24.0 Å². The molecule has 30 heavy (non-hydrogen) atoms. The number of carbonyl (C=O) groups is 1. The normalized spacial score (nSPS) is 15.1. The highest BCUT2D eigenvalue weighted by Crippen LogP contribution is 2.40. The van der Waals surface area contributed by atoms with Gasteiger partial charge in [-0.05, 0) is 24.6 Å². The molecule has 0 saturated heterocycles. The number of ether oxygens (including phenoxy) is 2. The third-order valence-corrected chi connectivity index (χ3v) is 5.41. The SMILES string of the molecule is C=CCOC(=O)C1=C(C)Nc2nc(SCC=C)[nH]c(=O)c2[C@@H]1c1cccc(OC)c1. The maximum absolute atomic E-state index is 13.1. The van der Waals surface area contributed by atoms with Crippen molar-refractivity contribution in [3.63, 3.8) is 0 Å². The van der Waals surface area contributed by atoms with E-state index in [1.165, 1.54) is 17.8 Å². The van der Waals surface area contributed by atoms with E-state index in [0.29, 0.717) is 39.3 Å². The van der Waals surface area contributed by atoms with Crippen LogP contribution in [-0.4, -0.2) is 35.4 Å². The van der Waals surface area contributed by atoms with Crippen LogP contribution < -0.4 is 15.6 Å². The molecule has 3 rings (SSSR count). The summed E-state index contributed by atoms with van der Waals surface area (Å²) in [5.74, 6) is 0.448. The zero-order chi connectivity index (χ0) is 21.7. The van der Waals surface area contributed by atoms with E-state index >= 15 is 0 Å². The van der Waals surface area contributed by atoms with Crippen molar-refractivity contribution in [3.8, 4) is 5.75 Å². The summed E-state index contributed by atoms with van der Waals surface area (Å²) >= 11 is 1.37. The van der Waals surface area contributed by atoms with Gasteiger partial charge in [0, 0.05) is 11.4 Å². The van der Waals surface area contributed by atoms with Gasteiger partial charge in [-0.2, -0.15) is 0 Å². The van der Waals surface area contributed by atoms with Crippen molar-refractivity contribution < 1.29 is 14.3 Å². The van der Waals surface area contributed by atoms with E-state index in [2.05, 4.69) is 28.4 Å². The fourth-order valence-corrected chi connectivity index (χ4v) is 3.87. The van der Waals surface area contributed by atoms with Crippen molar-refractivity contribution in [2.75, 3.05) is 24.8 Å². The Bertz CT molecular complexity index is 1070. The van der Waals surface area contributed by atoms with Gasteiger partial charge in [-0.25, -0.2) is 9.78 Å². The first-order valence-corrected chi connectivity index (χ1v) is 10.3. The van der Waals surface area contributed by atoms with E-state index in [1.807, 2.05) is 12.1 Å². The first-order chi connectivity index (χ1) is 14.5. The molecular weight excluding hydrogens is 402 g/mol. The molecule has 0 unspecified atom stereocenters. The van der Waals surface area contributed by atoms with Gasteiger partial charge in [-0.3, -0.25) is 4.79 Å². The van der Waals surface area contributed by atoms with Crippen molar-refractivity contribution in [1.82, 2.24) is 9.97 Å². The van der Waals surface area contributed by atoms with Crippen LogP contribution in [0.15, 0.2) is 70.8 Å². The number of anilines is 1. The van der Waals surface area contributed by atoms with Crippen LogP contribution in [0.2, 0.25) is 0 Å². The molecule has 0 radical (unpaired) electrons. The Kier molecular flexibility index (Phi) is 6.79. The van der Waals surface area contributed by atoms with Crippen molar-refractivity contribution in [2.45, 2.75) is 18.0 Å². The highest BCUT2D eigenvalue weighted by Gasteiger charge is 2.36. The lowest BCUT2D eigenvalue weighted by Gasteiger charge is -2.29. The van der Waals surface area contributed by atoms with Crippen LogP contribution in [0.4, 0.5) is 5.82 Å². The first-order valence-electron chi connectivity index (χ1n) is 9.27. The number of nitrogens with zero attached hydrogens (tertiary/aromatic N) is 1. The molecule has 0 aliphatic carbocycles. The number of hydrogen-bond donors (Lipinski definition) is 2. The summed E-state index contributed by atoms with van der Waals surface area (Å²) < 4.78 is 10.6. The number of carbonyl (C=O) groups excluding carboxylic acids is 1. The Morgan fingerprint density at radius 3 is 2.83 bits per heavy atom. The molecule has 1 atom stereocenters. The molecule has 2 aromatic rings. The molecule has 0 amide bonds. The number of esters is 1. The fourth-order valence-electron chi connectivity index (χ4n) is 3.27. The minimum absolute atomic E-state index is 0.0685. The number of allylic oxidation sites excluding steroid dienone is 1. The van der Waals surface area contributed by atoms with Gasteiger partial charge in [0.05, 0.1) is 24.2 Å². The quantitative estimate of drug-likeness (QED) is 0.289. The maximum Gasteiger partial charge on any atom is 0.337 e. The average Bonchev–Trinajstić information content (AvgIpc) is 2.75. The van der Waals surface area contributed by atoms with Gasteiger partial charge in [-0.15, -0.1) is 6.58 Å². The summed E-state index contributed by atoms with van der Waals surface area (Å²) in [5, 5.41) is 3.58. The molecule has 0 saturated carbocycles. The van der Waals surface area contributed by atoms with Gasteiger partial charge in [0.2, 0.25) is 0 Å². The number of aromatic nitrogens is 2. The Hall–Kier alpha value is -3.26. The van der Waals surface area contributed by atoms with Gasteiger partial charge in [0.1, 0.15) is 18.2 Å². The smallest absolute Gasteiger partial charge is 0.337 e. The standard InChI is InChI=1S/C22H23N3O4S/c1-5-10-29-21(27)16-13(3)23-19-18(20(26)25-22(24-19)30-11-6-2)17(16)14-8-7-9-15(12-14)28-4/h5-9,12,17H,1-2,10-11H2,3-4H3,(H2,23,24,25,26)/t17-/m1/s1. The van der Waals surface area contributed by atoms with E-state index < -0.39 is 11.9 Å². The Balaban J connectivity index is 2.19. The van der Waals surface area contributed by atoms with E-state index in [-0.39, 0.29) is 12.2 Å². The third kappa shape index (κ3) is 4.33. The Morgan fingerprint density at radius 1 is 1.33 bits per heavy atom. The first kappa shape index (κ1) is 21.4. The lowest BCUT2D eigenvalue weighted by Crippen LogP contribution is -2.31. The van der Waals surface area contributed by atoms with Crippen LogP contribution in [0, 0.1) is 0 Å². The molecule has 0 bridgehead atoms. The van der Waals surface area contributed by atoms with E-state index in [1.54, 1.807) is 32.2 Å². The van der Waals surface area contributed by atoms with Gasteiger partial charge < -0.3 is 19.8 Å². The van der Waals surface area contributed by atoms with Crippen LogP contribution in [0.25, 0.3) is 0 Å². The molecule has 156 valence electrons. The van der Waals surface area contributed by atoms with Crippen LogP contribution >= 0.6 is 11.8 Å². The lowest BCUT2D eigenvalue weighted by atomic mass is 9.82. The number of rotatable bonds is 8. The maximum atomic E-state index is 13.1. The van der Waals surface area contributed by atoms with E-state index in [9.17, 15) is 9.59 Å². The van der Waals surface area contributed by atoms with Crippen molar-refractivity contribution in [1.29, 1.82) is 0 Å². The second-order valence-corrected chi connectivity index (χ2v) is 7.50. The zero-order valence-corrected chi connectivity index (χ0v) is 17.7. The highest BCUT2D eigenvalue weighted by atomic mass is 32.2. The molecular formula is C22H23N3O4S. The summed E-state index contributed by atoms with van der Waals surface area (Å²) in [4.78, 5) is 33.3. The number of hydrogen-bond acceptors (Lipinski definition) is 7. The molecule has 1 aliphatic rings. The highest BCUT2D eigenvalue weighted by molar-refractivity contribution is 7.99. The predicted molar refractivity (Wildman–Crippen MR) is 118 cm³/mol. The zero-order valence-electron chi connectivity index (χ0n) is 16.9. The fraction of sp³-hybridized carbons (Fsp3) is 0.227. The van der Waals surface area contributed by atoms with Crippen LogP contribution in [0.3, 0.4) is 0 Å². The monoisotopic (exact) mass is 425 g/mol. The lowest BCUT2D eigenvalue weighted by molar-refractivity contribution is -0.138. The average molecular weight is 426 g/mol.